The maximum Gasteiger partial charge on any atom is 0.341 e. The first kappa shape index (κ1) is 29.3. The molecular weight excluding hydrogens is 599 g/mol. The second-order valence-electron chi connectivity index (χ2n) is 10.6. The molecule has 6 rings (SSSR count). The number of thioether (sulfide) groups is 1. The number of amides is 1. The van der Waals surface area contributed by atoms with Gasteiger partial charge >= 0.3 is 5.97 Å². The Morgan fingerprint density at radius 1 is 1.09 bits per heavy atom. The Labute approximate surface area is 261 Å². The van der Waals surface area contributed by atoms with E-state index >= 15 is 0 Å². The highest BCUT2D eigenvalue weighted by Crippen LogP contribution is 2.41. The number of aryl methyl sites for hydroxylation is 1. The molecule has 43 heavy (non-hydrogen) atoms. The molecule has 1 amide bonds. The van der Waals surface area contributed by atoms with Crippen LogP contribution in [0.5, 0.6) is 0 Å². The molecule has 3 aromatic heterocycles. The highest BCUT2D eigenvalue weighted by atomic mass is 32.2. The number of esters is 1. The van der Waals surface area contributed by atoms with E-state index in [1.54, 1.807) is 11.5 Å². The second-order valence-corrected chi connectivity index (χ2v) is 13.8. The molecule has 0 radical (unpaired) electrons. The number of hydrogen-bond acceptors (Lipinski definition) is 8. The third-order valence-electron chi connectivity index (χ3n) is 7.52. The van der Waals surface area contributed by atoms with E-state index in [2.05, 4.69) is 12.2 Å². The minimum absolute atomic E-state index is 0.0158. The Kier molecular flexibility index (Phi) is 8.52. The number of carbonyl (C=O) groups is 2. The molecule has 1 N–H and O–H groups in total. The molecule has 1 unspecified atom stereocenters. The van der Waals surface area contributed by atoms with Crippen molar-refractivity contribution in [3.05, 3.63) is 91.9 Å². The topological polar surface area (TPSA) is 90.3 Å². The molecule has 1 aliphatic rings. The molecule has 2 aromatic carbocycles. The van der Waals surface area contributed by atoms with Crippen molar-refractivity contribution in [3.63, 3.8) is 0 Å². The lowest BCUT2D eigenvalue weighted by Gasteiger charge is -2.18. The molecule has 3 heterocycles. The van der Waals surface area contributed by atoms with Crippen molar-refractivity contribution >= 4 is 61.5 Å². The summed E-state index contributed by atoms with van der Waals surface area (Å²) in [5, 5.41) is 4.53. The van der Waals surface area contributed by atoms with Crippen molar-refractivity contribution in [1.29, 1.82) is 0 Å². The fraction of sp³-hybridized carbons (Fsp3) is 0.273. The van der Waals surface area contributed by atoms with E-state index in [0.717, 1.165) is 45.7 Å². The first-order chi connectivity index (χ1) is 20.9. The van der Waals surface area contributed by atoms with Gasteiger partial charge in [-0.05, 0) is 62.3 Å². The van der Waals surface area contributed by atoms with Crippen LogP contribution in [0.25, 0.3) is 27.0 Å². The molecule has 10 heteroatoms. The van der Waals surface area contributed by atoms with Gasteiger partial charge in [0.15, 0.2) is 5.16 Å². The van der Waals surface area contributed by atoms with Crippen LogP contribution in [0, 0.1) is 12.8 Å². The van der Waals surface area contributed by atoms with Gasteiger partial charge in [-0.3, -0.25) is 14.2 Å². The molecule has 0 saturated heterocycles. The molecule has 0 saturated carbocycles. The summed E-state index contributed by atoms with van der Waals surface area (Å²) < 4.78 is 6.95. The number of nitrogens with one attached hydrogen (secondary N) is 1. The van der Waals surface area contributed by atoms with E-state index in [0.29, 0.717) is 37.5 Å². The second kappa shape index (κ2) is 12.5. The quantitative estimate of drug-likeness (QED) is 0.109. The summed E-state index contributed by atoms with van der Waals surface area (Å²) in [6.07, 6.45) is 2.68. The Morgan fingerprint density at radius 3 is 2.53 bits per heavy atom. The minimum atomic E-state index is -0.398. The van der Waals surface area contributed by atoms with Crippen molar-refractivity contribution in [1.82, 2.24) is 9.55 Å². The van der Waals surface area contributed by atoms with E-state index in [1.165, 1.54) is 34.4 Å². The fourth-order valence-corrected chi connectivity index (χ4v) is 8.86. The predicted molar refractivity (Wildman–Crippen MR) is 176 cm³/mol. The summed E-state index contributed by atoms with van der Waals surface area (Å²) in [4.78, 5) is 48.1. The Bertz CT molecular complexity index is 1880. The van der Waals surface area contributed by atoms with Gasteiger partial charge in [-0.2, -0.15) is 0 Å². The van der Waals surface area contributed by atoms with E-state index in [9.17, 15) is 14.4 Å². The number of rotatable bonds is 8. The molecule has 5 aromatic rings. The van der Waals surface area contributed by atoms with Gasteiger partial charge in [0.05, 0.1) is 29.0 Å². The normalized spacial score (nSPS) is 14.4. The molecule has 220 valence electrons. The van der Waals surface area contributed by atoms with Crippen LogP contribution in [0.2, 0.25) is 0 Å². The number of carbonyl (C=O) groups excluding carboxylic acids is 2. The smallest absolute Gasteiger partial charge is 0.341 e. The molecular formula is C33H31N3O4S3. The van der Waals surface area contributed by atoms with Crippen LogP contribution in [0.4, 0.5) is 5.00 Å². The van der Waals surface area contributed by atoms with Crippen molar-refractivity contribution in [2.24, 2.45) is 5.92 Å². The van der Waals surface area contributed by atoms with Crippen LogP contribution < -0.4 is 10.9 Å². The molecule has 0 fully saturated rings. The summed E-state index contributed by atoms with van der Waals surface area (Å²) >= 11 is 4.15. The highest BCUT2D eigenvalue weighted by molar-refractivity contribution is 7.99. The molecule has 1 atom stereocenters. The molecule has 1 aliphatic carbocycles. The largest absolute Gasteiger partial charge is 0.462 e. The molecule has 7 nitrogen and oxygen atoms in total. The average molecular weight is 630 g/mol. The van der Waals surface area contributed by atoms with E-state index in [-0.39, 0.29) is 23.8 Å². The van der Waals surface area contributed by atoms with E-state index < -0.39 is 5.97 Å². The van der Waals surface area contributed by atoms with Gasteiger partial charge in [0.2, 0.25) is 5.91 Å². The van der Waals surface area contributed by atoms with Crippen molar-refractivity contribution in [2.75, 3.05) is 17.7 Å². The zero-order valence-electron chi connectivity index (χ0n) is 24.1. The van der Waals surface area contributed by atoms with Crippen molar-refractivity contribution < 1.29 is 14.3 Å². The number of ether oxygens (including phenoxy) is 1. The number of hydrogen-bond donors (Lipinski definition) is 1. The van der Waals surface area contributed by atoms with Gasteiger partial charge in [-0.25, -0.2) is 9.78 Å². The zero-order chi connectivity index (χ0) is 30.1. The van der Waals surface area contributed by atoms with Crippen LogP contribution >= 0.6 is 34.4 Å². The Balaban J connectivity index is 1.34. The molecule has 0 aliphatic heterocycles. The maximum absolute atomic E-state index is 14.2. The van der Waals surface area contributed by atoms with Crippen molar-refractivity contribution in [3.8, 4) is 16.8 Å². The van der Waals surface area contributed by atoms with Crippen LogP contribution in [-0.4, -0.2) is 33.8 Å². The Morgan fingerprint density at radius 2 is 1.81 bits per heavy atom. The third-order valence-corrected chi connectivity index (χ3v) is 10.6. The van der Waals surface area contributed by atoms with Crippen LogP contribution in [0.1, 0.15) is 45.9 Å². The average Bonchev–Trinajstić information content (AvgIpc) is 3.53. The summed E-state index contributed by atoms with van der Waals surface area (Å²) in [5.41, 5.74) is 3.84. The fourth-order valence-electron chi connectivity index (χ4n) is 5.55. The summed E-state index contributed by atoms with van der Waals surface area (Å²) in [7, 11) is 0. The van der Waals surface area contributed by atoms with Gasteiger partial charge in [-0.15, -0.1) is 22.7 Å². The monoisotopic (exact) mass is 629 g/mol. The number of nitrogens with zero attached hydrogens (tertiary/aromatic N) is 2. The summed E-state index contributed by atoms with van der Waals surface area (Å²) in [5.74, 6) is -0.130. The van der Waals surface area contributed by atoms with E-state index in [4.69, 9.17) is 9.72 Å². The van der Waals surface area contributed by atoms with Crippen molar-refractivity contribution in [2.45, 2.75) is 45.2 Å². The summed E-state index contributed by atoms with van der Waals surface area (Å²) in [6.45, 7) is 6.25. The Hall–Kier alpha value is -3.73. The van der Waals surface area contributed by atoms with Gasteiger partial charge in [0.1, 0.15) is 9.83 Å². The maximum atomic E-state index is 14.2. The molecule has 0 bridgehead atoms. The number of para-hydroxylation sites is 1. The first-order valence-corrected chi connectivity index (χ1v) is 16.9. The highest BCUT2D eigenvalue weighted by Gasteiger charge is 2.29. The van der Waals surface area contributed by atoms with Gasteiger partial charge in [0, 0.05) is 15.3 Å². The zero-order valence-corrected chi connectivity index (χ0v) is 26.6. The number of anilines is 1. The number of benzene rings is 2. The number of fused-ring (bicyclic) bond motifs is 2. The lowest BCUT2D eigenvalue weighted by atomic mass is 9.88. The van der Waals surface area contributed by atoms with Gasteiger partial charge < -0.3 is 10.1 Å². The van der Waals surface area contributed by atoms with Crippen LogP contribution in [0.3, 0.4) is 0 Å². The number of aromatic nitrogens is 2. The van der Waals surface area contributed by atoms with Gasteiger partial charge in [-0.1, -0.05) is 67.2 Å². The lowest BCUT2D eigenvalue weighted by Crippen LogP contribution is -2.23. The lowest BCUT2D eigenvalue weighted by molar-refractivity contribution is -0.113. The standard InChI is InChI=1S/C33H31N3O4S3/c1-4-40-32(39)27-23-16-15-19(2)17-24(23)43-29(27)34-25(37)18-41-33-35-30-28(31(38)36(33)22-13-9-6-10-14-22)26(20(3)42-30)21-11-7-5-8-12-21/h5-14,19H,4,15-18H2,1-3H3,(H,34,37). The van der Waals surface area contributed by atoms with Crippen LogP contribution in [-0.2, 0) is 22.4 Å². The minimum Gasteiger partial charge on any atom is -0.462 e. The molecule has 0 spiro atoms. The van der Waals surface area contributed by atoms with Crippen LogP contribution in [0.15, 0.2) is 70.6 Å². The summed E-state index contributed by atoms with van der Waals surface area (Å²) in [6, 6.07) is 19.3. The number of thiophene rings is 2. The van der Waals surface area contributed by atoms with Gasteiger partial charge in [0.25, 0.3) is 5.56 Å². The predicted octanol–water partition coefficient (Wildman–Crippen LogP) is 7.52. The first-order valence-electron chi connectivity index (χ1n) is 14.3. The third kappa shape index (κ3) is 5.79. The SMILES string of the molecule is CCOC(=O)c1c(NC(=O)CSc2nc3sc(C)c(-c4ccccc4)c3c(=O)n2-c2ccccc2)sc2c1CCC(C)C2. The van der Waals surface area contributed by atoms with E-state index in [1.807, 2.05) is 67.6 Å².